The molecule has 64 heavy (non-hydrogen) atoms. The van der Waals surface area contributed by atoms with E-state index in [2.05, 4.69) is 20.2 Å². The van der Waals surface area contributed by atoms with Crippen LogP contribution in [0.3, 0.4) is 0 Å². The van der Waals surface area contributed by atoms with Crippen molar-refractivity contribution in [1.29, 1.82) is 0 Å². The van der Waals surface area contributed by atoms with Crippen molar-refractivity contribution >= 4 is 46.2 Å². The minimum absolute atomic E-state index is 0.0221. The normalized spacial score (nSPS) is 33.7. The van der Waals surface area contributed by atoms with Crippen LogP contribution in [0.2, 0.25) is 0 Å². The number of hydrogen-bond donors (Lipinski definition) is 0. The average molecular weight is 1000 g/mol. The maximum atomic E-state index is 14.4. The van der Waals surface area contributed by atoms with Gasteiger partial charge in [0, 0.05) is 75.9 Å². The Bertz CT molecular complexity index is 2100. The van der Waals surface area contributed by atoms with Crippen LogP contribution < -0.4 is 0 Å². The number of nitrogens with zero attached hydrogens (tertiary/aromatic N) is 6. The number of halogens is 2. The second-order valence-corrected chi connectivity index (χ2v) is 19.6. The maximum Gasteiger partial charge on any atom is 0.410 e. The minimum Gasteiger partial charge on any atom is -0.447 e. The molecule has 3 aromatic rings. The van der Waals surface area contributed by atoms with Crippen molar-refractivity contribution < 1.29 is 47.3 Å². The van der Waals surface area contributed by atoms with Crippen molar-refractivity contribution in [1.82, 2.24) is 29.8 Å². The van der Waals surface area contributed by atoms with Gasteiger partial charge < -0.3 is 33.5 Å². The Hall–Kier alpha value is -3.91. The van der Waals surface area contributed by atoms with Crippen LogP contribution in [-0.4, -0.2) is 134 Å². The van der Waals surface area contributed by atoms with Crippen LogP contribution in [-0.2, 0) is 50.9 Å². The highest BCUT2D eigenvalue weighted by Crippen LogP contribution is 2.43. The molecule has 1 aromatic carbocycles. The van der Waals surface area contributed by atoms with E-state index in [1.54, 1.807) is 38.7 Å². The summed E-state index contributed by atoms with van der Waals surface area (Å²) >= 11 is 1.91. The van der Waals surface area contributed by atoms with Crippen molar-refractivity contribution in [3.63, 3.8) is 0 Å². The molecular formula is C47H64FIN6O9. The predicted molar refractivity (Wildman–Crippen MR) is 244 cm³/mol. The Labute approximate surface area is 389 Å². The monoisotopic (exact) mass is 1000 g/mol. The number of alkyl halides is 2. The van der Waals surface area contributed by atoms with Crippen molar-refractivity contribution in [3.8, 4) is 11.1 Å². The predicted octanol–water partition coefficient (Wildman–Crippen LogP) is 6.85. The molecule has 3 aliphatic heterocycles. The van der Waals surface area contributed by atoms with Crippen LogP contribution in [0.1, 0.15) is 85.0 Å². The molecule has 0 aliphatic carbocycles. The SMILES string of the molecule is CO[C@]1(C)C[C@@H](C)C(=O)[C@H](C)[C@H]2N(C)C(=O)O[C@]2(C)[C@@H](I)OC(=O)[C@H](C)C(=O)[C@H](C)[C@H]1O[C@H]1C[C@@H](N(C)CCc2cn([C@H](CF)Cc3ccc(-c4cccnc4)cc3)nn2)C[C@@H](C)O1. The first-order valence-electron chi connectivity index (χ1n) is 22.2. The quantitative estimate of drug-likeness (QED) is 0.0802. The number of cyclic esters (lactones) is 1. The third-order valence-electron chi connectivity index (χ3n) is 13.8. The lowest BCUT2D eigenvalue weighted by Crippen LogP contribution is -2.57. The number of aromatic nitrogens is 4. The van der Waals surface area contributed by atoms with Crippen molar-refractivity contribution in [2.75, 3.05) is 34.4 Å². The molecule has 15 nitrogen and oxygen atoms in total. The summed E-state index contributed by atoms with van der Waals surface area (Å²) in [6.45, 7) is 12.3. The van der Waals surface area contributed by atoms with Gasteiger partial charge in [-0.1, -0.05) is 56.3 Å². The number of Topliss-reactive ketones (excluding diaryl/α,β-unsaturated/α-hetero) is 2. The fourth-order valence-electron chi connectivity index (χ4n) is 9.85. The second-order valence-electron chi connectivity index (χ2n) is 18.5. The van der Waals surface area contributed by atoms with E-state index in [0.717, 1.165) is 28.8 Å². The molecule has 3 aliphatic rings. The Morgan fingerprint density at radius 3 is 2.38 bits per heavy atom. The molecule has 3 fully saturated rings. The lowest BCUT2D eigenvalue weighted by molar-refractivity contribution is -0.263. The van der Waals surface area contributed by atoms with Gasteiger partial charge in [0.2, 0.25) is 0 Å². The Morgan fingerprint density at radius 1 is 1.00 bits per heavy atom. The molecule has 350 valence electrons. The minimum atomic E-state index is -1.36. The summed E-state index contributed by atoms with van der Waals surface area (Å²) in [5, 5.41) is 8.71. The van der Waals surface area contributed by atoms with Gasteiger partial charge in [-0.05, 0) is 99.4 Å². The highest BCUT2D eigenvalue weighted by molar-refractivity contribution is 14.1. The van der Waals surface area contributed by atoms with E-state index in [1.807, 2.05) is 99.2 Å². The topological polar surface area (TPSA) is 165 Å². The van der Waals surface area contributed by atoms with Crippen molar-refractivity contribution in [2.45, 2.75) is 133 Å². The number of ketones is 2. The third kappa shape index (κ3) is 10.7. The summed E-state index contributed by atoms with van der Waals surface area (Å²) in [7, 11) is 5.12. The van der Waals surface area contributed by atoms with Gasteiger partial charge in [-0.15, -0.1) is 5.10 Å². The van der Waals surface area contributed by atoms with E-state index in [1.165, 1.54) is 18.9 Å². The Balaban J connectivity index is 1.14. The number of rotatable bonds is 12. The average Bonchev–Trinajstić information content (AvgIpc) is 3.85. The van der Waals surface area contributed by atoms with Crippen LogP contribution in [0.25, 0.3) is 11.1 Å². The molecule has 0 N–H and O–H groups in total. The van der Waals surface area contributed by atoms with E-state index < -0.39 is 88.0 Å². The molecule has 3 saturated heterocycles. The molecule has 0 bridgehead atoms. The van der Waals surface area contributed by atoms with E-state index >= 15 is 0 Å². The molecule has 6 rings (SSSR count). The summed E-state index contributed by atoms with van der Waals surface area (Å²) in [4.78, 5) is 63.0. The number of amides is 1. The van der Waals surface area contributed by atoms with E-state index in [-0.39, 0.29) is 24.3 Å². The van der Waals surface area contributed by atoms with Crippen LogP contribution >= 0.6 is 22.6 Å². The molecular weight excluding hydrogens is 938 g/mol. The zero-order chi connectivity index (χ0) is 46.7. The lowest BCUT2D eigenvalue weighted by atomic mass is 9.74. The largest absolute Gasteiger partial charge is 0.447 e. The molecule has 0 saturated carbocycles. The highest BCUT2D eigenvalue weighted by Gasteiger charge is 2.59. The van der Waals surface area contributed by atoms with Gasteiger partial charge >= 0.3 is 12.1 Å². The summed E-state index contributed by atoms with van der Waals surface area (Å²) in [6, 6.07) is 10.7. The fraction of sp³-hybridized carbons (Fsp3) is 0.638. The standard InChI is InChI=1S/C47H64FIN6O9/c1-27-23-46(6,60-10)42(30(4)40(57)31(5)43(58)63-44(49)47(7)41(29(3)39(27)56)54(9)45(59)64-47)62-38-22-36(20-28(2)61-38)53(8)19-17-35-26-55(52-51-35)37(24-48)21-32-13-15-33(16-14-32)34-12-11-18-50-25-34/h11-16,18,25-31,36-38,41-42,44H,17,19-24H2,1-10H3/t27-,28-,29+,30+,31-,36+,37+,38+,41-,42-,44+,46-,47+/m1/s1. The summed E-state index contributed by atoms with van der Waals surface area (Å²) in [5.41, 5.74) is 1.24. The van der Waals surface area contributed by atoms with Crippen LogP contribution in [0, 0.1) is 23.7 Å². The first-order chi connectivity index (χ1) is 30.3. The second kappa shape index (κ2) is 20.7. The first-order valence-corrected chi connectivity index (χ1v) is 23.4. The number of pyridine rings is 1. The number of esters is 1. The number of methoxy groups -OCH3 is 1. The maximum absolute atomic E-state index is 14.4. The first kappa shape index (κ1) is 49.5. The molecule has 17 heteroatoms. The number of carbonyl (C=O) groups excluding carboxylic acids is 4. The lowest BCUT2D eigenvalue weighted by Gasteiger charge is -2.45. The van der Waals surface area contributed by atoms with Crippen LogP contribution in [0.15, 0.2) is 55.0 Å². The molecule has 1 amide bonds. The van der Waals surface area contributed by atoms with Gasteiger partial charge in [-0.25, -0.2) is 13.9 Å². The van der Waals surface area contributed by atoms with Gasteiger partial charge in [0.05, 0.1) is 35.6 Å². The highest BCUT2D eigenvalue weighted by atomic mass is 127. The number of hydrogen-bond acceptors (Lipinski definition) is 13. The van der Waals surface area contributed by atoms with Gasteiger partial charge in [0.1, 0.15) is 18.4 Å². The smallest absolute Gasteiger partial charge is 0.410 e. The Morgan fingerprint density at radius 2 is 1.72 bits per heavy atom. The molecule has 0 unspecified atom stereocenters. The molecule has 0 spiro atoms. The van der Waals surface area contributed by atoms with Gasteiger partial charge in [-0.3, -0.25) is 19.4 Å². The Kier molecular flexibility index (Phi) is 16.0. The summed E-state index contributed by atoms with van der Waals surface area (Å²) in [6.07, 6.45) is 5.25. The number of benzene rings is 1. The van der Waals surface area contributed by atoms with Crippen LogP contribution in [0.4, 0.5) is 9.18 Å². The molecule has 13 atom stereocenters. The summed E-state index contributed by atoms with van der Waals surface area (Å²) < 4.78 is 46.2. The third-order valence-corrected chi connectivity index (χ3v) is 15.3. The zero-order valence-electron chi connectivity index (χ0n) is 38.6. The number of fused-ring (bicyclic) bond motifs is 1. The van der Waals surface area contributed by atoms with Crippen molar-refractivity contribution in [3.05, 3.63) is 66.2 Å². The molecule has 2 aromatic heterocycles. The number of likely N-dealkylation sites (N-methyl/N-ethyl adjacent to an activating group) is 2. The number of carbonyl (C=O) groups is 4. The number of ether oxygens (including phenoxy) is 5. The van der Waals surface area contributed by atoms with Gasteiger partial charge in [0.15, 0.2) is 21.8 Å². The fourth-order valence-corrected chi connectivity index (χ4v) is 10.6. The zero-order valence-corrected chi connectivity index (χ0v) is 40.8. The van der Waals surface area contributed by atoms with E-state index in [4.69, 9.17) is 23.7 Å². The van der Waals surface area contributed by atoms with Crippen LogP contribution in [0.5, 0.6) is 0 Å². The van der Waals surface area contributed by atoms with E-state index in [0.29, 0.717) is 25.8 Å². The van der Waals surface area contributed by atoms with Gasteiger partial charge in [-0.2, -0.15) is 0 Å². The van der Waals surface area contributed by atoms with Gasteiger partial charge in [0.25, 0.3) is 0 Å². The van der Waals surface area contributed by atoms with E-state index in [9.17, 15) is 23.6 Å². The van der Waals surface area contributed by atoms with Crippen molar-refractivity contribution in [2.24, 2.45) is 23.7 Å². The molecule has 5 heterocycles. The molecule has 0 radical (unpaired) electrons. The summed E-state index contributed by atoms with van der Waals surface area (Å²) in [5.74, 6) is -4.72.